The van der Waals surface area contributed by atoms with E-state index in [0.29, 0.717) is 6.61 Å². The van der Waals surface area contributed by atoms with Crippen molar-refractivity contribution in [3.05, 3.63) is 18.2 Å². The summed E-state index contributed by atoms with van der Waals surface area (Å²) in [5, 5.41) is 7.35. The summed E-state index contributed by atoms with van der Waals surface area (Å²) in [6, 6.07) is 0.197. The summed E-state index contributed by atoms with van der Waals surface area (Å²) in [6.07, 6.45) is 5.76. The minimum Gasteiger partial charge on any atom is -0.373 e. The molecule has 1 spiro atoms. The predicted molar refractivity (Wildman–Crippen MR) is 56.6 cm³/mol. The number of hydrogen-bond donors (Lipinski definition) is 1. The molecule has 3 rings (SSSR count). The van der Waals surface area contributed by atoms with E-state index in [2.05, 4.69) is 10.4 Å². The minimum atomic E-state index is -0.272. The van der Waals surface area contributed by atoms with Crippen molar-refractivity contribution < 1.29 is 9.13 Å². The zero-order chi connectivity index (χ0) is 11.0. The quantitative estimate of drug-likeness (QED) is 0.778. The Labute approximate surface area is 93.8 Å². The highest BCUT2D eigenvalue weighted by Crippen LogP contribution is 2.38. The van der Waals surface area contributed by atoms with E-state index in [1.54, 1.807) is 4.68 Å². The standard InChI is InChI=1S/C11H16FN3O/c12-9-6-14-15(7-9)10-5-11(16-8-10)1-3-13-4-2-11/h6-7,10,13H,1-5,8H2/t10-/m1/s1. The van der Waals surface area contributed by atoms with Crippen LogP contribution in [0.4, 0.5) is 4.39 Å². The van der Waals surface area contributed by atoms with E-state index in [0.717, 1.165) is 32.4 Å². The molecule has 0 aliphatic carbocycles. The third kappa shape index (κ3) is 1.74. The molecule has 0 bridgehead atoms. The van der Waals surface area contributed by atoms with Crippen LogP contribution in [-0.2, 0) is 4.74 Å². The average molecular weight is 225 g/mol. The number of ether oxygens (including phenoxy) is 1. The van der Waals surface area contributed by atoms with Crippen LogP contribution in [0.3, 0.4) is 0 Å². The molecule has 16 heavy (non-hydrogen) atoms. The van der Waals surface area contributed by atoms with Gasteiger partial charge in [0.25, 0.3) is 0 Å². The van der Waals surface area contributed by atoms with Crippen LogP contribution in [0.2, 0.25) is 0 Å². The van der Waals surface area contributed by atoms with Crippen molar-refractivity contribution in [1.82, 2.24) is 15.1 Å². The van der Waals surface area contributed by atoms with Crippen molar-refractivity contribution in [1.29, 1.82) is 0 Å². The molecule has 88 valence electrons. The van der Waals surface area contributed by atoms with Gasteiger partial charge in [0.15, 0.2) is 5.82 Å². The SMILES string of the molecule is Fc1cnn([C@H]2COC3(CCNCC3)C2)c1. The first-order valence-corrected chi connectivity index (χ1v) is 5.82. The third-order valence-corrected chi connectivity index (χ3v) is 3.65. The monoisotopic (exact) mass is 225 g/mol. The molecular weight excluding hydrogens is 209 g/mol. The van der Waals surface area contributed by atoms with Gasteiger partial charge in [0.2, 0.25) is 0 Å². The van der Waals surface area contributed by atoms with Crippen molar-refractivity contribution in [2.24, 2.45) is 0 Å². The zero-order valence-corrected chi connectivity index (χ0v) is 9.16. The van der Waals surface area contributed by atoms with E-state index in [-0.39, 0.29) is 17.5 Å². The summed E-state index contributed by atoms with van der Waals surface area (Å²) >= 11 is 0. The number of halogens is 1. The minimum absolute atomic E-state index is 0.0122. The molecule has 0 aromatic carbocycles. The Kier molecular flexibility index (Phi) is 2.44. The first-order valence-electron chi connectivity index (χ1n) is 5.82. The van der Waals surface area contributed by atoms with Gasteiger partial charge in [0.05, 0.1) is 30.6 Å². The molecule has 0 saturated carbocycles. The van der Waals surface area contributed by atoms with Gasteiger partial charge in [0, 0.05) is 6.42 Å². The molecular formula is C11H16FN3O. The van der Waals surface area contributed by atoms with Crippen molar-refractivity contribution >= 4 is 0 Å². The predicted octanol–water partition coefficient (Wildman–Crippen LogP) is 1.11. The van der Waals surface area contributed by atoms with Crippen LogP contribution in [0, 0.1) is 5.82 Å². The maximum atomic E-state index is 12.9. The normalized spacial score (nSPS) is 28.7. The Morgan fingerprint density at radius 3 is 3.00 bits per heavy atom. The van der Waals surface area contributed by atoms with E-state index in [1.165, 1.54) is 12.4 Å². The average Bonchev–Trinajstić information content (AvgIpc) is 2.87. The molecule has 4 nitrogen and oxygen atoms in total. The van der Waals surface area contributed by atoms with E-state index in [1.807, 2.05) is 0 Å². The summed E-state index contributed by atoms with van der Waals surface area (Å²) in [7, 11) is 0. The second-order valence-electron chi connectivity index (χ2n) is 4.74. The lowest BCUT2D eigenvalue weighted by Crippen LogP contribution is -2.41. The van der Waals surface area contributed by atoms with Crippen molar-refractivity contribution in [2.45, 2.75) is 30.9 Å². The fraction of sp³-hybridized carbons (Fsp3) is 0.727. The second-order valence-corrected chi connectivity index (χ2v) is 4.74. The van der Waals surface area contributed by atoms with Gasteiger partial charge in [-0.2, -0.15) is 5.10 Å². The largest absolute Gasteiger partial charge is 0.373 e. The van der Waals surface area contributed by atoms with Crippen LogP contribution in [0.25, 0.3) is 0 Å². The van der Waals surface area contributed by atoms with Gasteiger partial charge in [-0.05, 0) is 25.9 Å². The number of nitrogens with one attached hydrogen (secondary N) is 1. The molecule has 3 heterocycles. The summed E-state index contributed by atoms with van der Waals surface area (Å²) in [6.45, 7) is 2.68. The lowest BCUT2D eigenvalue weighted by atomic mass is 9.88. The Bertz CT molecular complexity index is 373. The van der Waals surface area contributed by atoms with Gasteiger partial charge in [0.1, 0.15) is 0 Å². The number of piperidine rings is 1. The van der Waals surface area contributed by atoms with Gasteiger partial charge >= 0.3 is 0 Å². The van der Waals surface area contributed by atoms with E-state index in [9.17, 15) is 4.39 Å². The molecule has 2 saturated heterocycles. The third-order valence-electron chi connectivity index (χ3n) is 3.65. The van der Waals surface area contributed by atoms with Gasteiger partial charge in [-0.25, -0.2) is 4.39 Å². The lowest BCUT2D eigenvalue weighted by Gasteiger charge is -2.32. The molecule has 0 radical (unpaired) electrons. The molecule has 1 aromatic rings. The maximum Gasteiger partial charge on any atom is 0.161 e. The summed E-state index contributed by atoms with van der Waals surface area (Å²) in [4.78, 5) is 0. The summed E-state index contributed by atoms with van der Waals surface area (Å²) in [5.74, 6) is -0.272. The molecule has 0 amide bonds. The molecule has 2 fully saturated rings. The number of hydrogen-bond acceptors (Lipinski definition) is 3. The smallest absolute Gasteiger partial charge is 0.161 e. The van der Waals surface area contributed by atoms with Crippen LogP contribution in [0.5, 0.6) is 0 Å². The molecule has 1 N–H and O–H groups in total. The molecule has 1 aromatic heterocycles. The number of rotatable bonds is 1. The molecule has 2 aliphatic heterocycles. The van der Waals surface area contributed by atoms with Gasteiger partial charge in [-0.15, -0.1) is 0 Å². The van der Waals surface area contributed by atoms with Crippen LogP contribution in [-0.4, -0.2) is 35.1 Å². The Morgan fingerprint density at radius 2 is 2.31 bits per heavy atom. The number of aromatic nitrogens is 2. The fourth-order valence-corrected chi connectivity index (χ4v) is 2.74. The lowest BCUT2D eigenvalue weighted by molar-refractivity contribution is -0.0196. The molecule has 0 unspecified atom stereocenters. The van der Waals surface area contributed by atoms with E-state index >= 15 is 0 Å². The fourth-order valence-electron chi connectivity index (χ4n) is 2.74. The van der Waals surface area contributed by atoms with E-state index < -0.39 is 0 Å². The Morgan fingerprint density at radius 1 is 1.50 bits per heavy atom. The van der Waals surface area contributed by atoms with Crippen molar-refractivity contribution in [2.75, 3.05) is 19.7 Å². The highest BCUT2D eigenvalue weighted by atomic mass is 19.1. The second kappa shape index (κ2) is 3.82. The highest BCUT2D eigenvalue weighted by Gasteiger charge is 2.41. The van der Waals surface area contributed by atoms with Gasteiger partial charge in [-0.3, -0.25) is 4.68 Å². The molecule has 5 heteroatoms. The van der Waals surface area contributed by atoms with Crippen molar-refractivity contribution in [3.63, 3.8) is 0 Å². The van der Waals surface area contributed by atoms with Crippen LogP contribution in [0.15, 0.2) is 12.4 Å². The zero-order valence-electron chi connectivity index (χ0n) is 9.16. The number of nitrogens with zero attached hydrogens (tertiary/aromatic N) is 2. The molecule has 1 atom stereocenters. The van der Waals surface area contributed by atoms with E-state index in [4.69, 9.17) is 4.74 Å². The summed E-state index contributed by atoms with van der Waals surface area (Å²) in [5.41, 5.74) is 0.0122. The maximum absolute atomic E-state index is 12.9. The first-order chi connectivity index (χ1) is 7.77. The van der Waals surface area contributed by atoms with Crippen LogP contribution < -0.4 is 5.32 Å². The van der Waals surface area contributed by atoms with Crippen LogP contribution >= 0.6 is 0 Å². The summed E-state index contributed by atoms with van der Waals surface area (Å²) < 4.78 is 20.5. The highest BCUT2D eigenvalue weighted by molar-refractivity contribution is 4.96. The molecule has 2 aliphatic rings. The first kappa shape index (κ1) is 10.2. The van der Waals surface area contributed by atoms with Gasteiger partial charge < -0.3 is 10.1 Å². The Hall–Kier alpha value is -0.940. The Balaban J connectivity index is 1.72. The topological polar surface area (TPSA) is 39.1 Å². The van der Waals surface area contributed by atoms with Crippen LogP contribution in [0.1, 0.15) is 25.3 Å². The van der Waals surface area contributed by atoms with Gasteiger partial charge in [-0.1, -0.05) is 0 Å². The van der Waals surface area contributed by atoms with Crippen molar-refractivity contribution in [3.8, 4) is 0 Å².